The second kappa shape index (κ2) is 23.3. The fraction of sp³-hybridized carbons (Fsp3) is 0.462. The monoisotopic (exact) mass is 797 g/mol. The third-order valence-corrected chi connectivity index (χ3v) is 8.62. The van der Waals surface area contributed by atoms with Crippen molar-refractivity contribution in [1.29, 1.82) is 0 Å². The van der Waals surface area contributed by atoms with E-state index in [4.69, 9.17) is 11.6 Å². The molecule has 0 aliphatic carbocycles. The summed E-state index contributed by atoms with van der Waals surface area (Å²) in [5.74, 6) is 3.85. The Balaban J connectivity index is 1.14. The molecule has 17 nitrogen and oxygen atoms in total. The van der Waals surface area contributed by atoms with Gasteiger partial charge in [0.25, 0.3) is 0 Å². The van der Waals surface area contributed by atoms with Crippen molar-refractivity contribution in [3.8, 4) is 0 Å². The number of anilines is 10. The van der Waals surface area contributed by atoms with Gasteiger partial charge in [-0.05, 0) is 72.7 Å². The van der Waals surface area contributed by atoms with E-state index in [0.29, 0.717) is 60.7 Å². The van der Waals surface area contributed by atoms with E-state index in [1.54, 1.807) is 0 Å². The summed E-state index contributed by atoms with van der Waals surface area (Å²) in [5, 5.41) is 26.4. The van der Waals surface area contributed by atoms with E-state index in [-0.39, 0.29) is 5.28 Å². The largest absolute Gasteiger partial charge is 0.354 e. The average molecular weight is 798 g/mol. The Morgan fingerprint density at radius 2 is 0.649 bits per heavy atom. The number of halogens is 1. The molecule has 0 spiro atoms. The van der Waals surface area contributed by atoms with Crippen LogP contribution in [0.5, 0.6) is 0 Å². The lowest BCUT2D eigenvalue weighted by Crippen LogP contribution is -2.13. The zero-order valence-electron chi connectivity index (χ0n) is 33.4. The van der Waals surface area contributed by atoms with Crippen molar-refractivity contribution in [3.63, 3.8) is 0 Å². The van der Waals surface area contributed by atoms with E-state index in [1.807, 2.05) is 48.5 Å². The van der Waals surface area contributed by atoms with Crippen molar-refractivity contribution >= 4 is 70.6 Å². The molecule has 0 fully saturated rings. The third-order valence-electron chi connectivity index (χ3n) is 8.45. The second-order valence-corrected chi connectivity index (χ2v) is 13.7. The lowest BCUT2D eigenvalue weighted by Gasteiger charge is -2.12. The number of hydrogen-bond acceptors (Lipinski definition) is 17. The van der Waals surface area contributed by atoms with E-state index < -0.39 is 0 Å². The van der Waals surface area contributed by atoms with Gasteiger partial charge in [0.2, 0.25) is 52.9 Å². The van der Waals surface area contributed by atoms with Gasteiger partial charge in [0, 0.05) is 50.6 Å². The maximum absolute atomic E-state index is 6.31. The second-order valence-electron chi connectivity index (χ2n) is 13.3. The molecule has 0 unspecified atom stereocenters. The van der Waals surface area contributed by atoms with E-state index >= 15 is 0 Å². The van der Waals surface area contributed by atoms with E-state index in [2.05, 4.69) is 115 Å². The van der Waals surface area contributed by atoms with Gasteiger partial charge < -0.3 is 42.5 Å². The Labute approximate surface area is 340 Å². The first kappa shape index (κ1) is 42.3. The van der Waals surface area contributed by atoms with Crippen LogP contribution in [0.1, 0.15) is 90.2 Å². The Kier molecular flexibility index (Phi) is 17.3. The van der Waals surface area contributed by atoms with Gasteiger partial charge in [-0.15, -0.1) is 0 Å². The van der Waals surface area contributed by atoms with Crippen LogP contribution in [0.2, 0.25) is 5.28 Å². The van der Waals surface area contributed by atoms with Crippen molar-refractivity contribution in [2.24, 2.45) is 0 Å². The number of hydrogen-bond donors (Lipinski definition) is 8. The molecule has 0 atom stereocenters. The zero-order chi connectivity index (χ0) is 40.1. The molecule has 0 aliphatic heterocycles. The third kappa shape index (κ3) is 15.0. The molecule has 0 saturated heterocycles. The molecule has 3 heterocycles. The SMILES string of the molecule is CCCCNc1nc(NCCCC)nc(NCc2ccc(Nc3nc(Cl)nc(Nc4ccc(CNc5nc(NCCCC)nc(NCCCC)n5)cc4)n3)cc2)n1. The van der Waals surface area contributed by atoms with E-state index in [1.165, 1.54) is 0 Å². The Morgan fingerprint density at radius 3 is 0.947 bits per heavy atom. The molecule has 3 aromatic heterocycles. The molecule has 57 heavy (non-hydrogen) atoms. The van der Waals surface area contributed by atoms with Crippen LogP contribution in [0.3, 0.4) is 0 Å². The molecule has 0 bridgehead atoms. The van der Waals surface area contributed by atoms with Crippen LogP contribution >= 0.6 is 11.6 Å². The molecule has 8 N–H and O–H groups in total. The normalized spacial score (nSPS) is 10.8. The van der Waals surface area contributed by atoms with Gasteiger partial charge in [-0.1, -0.05) is 77.6 Å². The van der Waals surface area contributed by atoms with Gasteiger partial charge in [-0.3, -0.25) is 0 Å². The van der Waals surface area contributed by atoms with Gasteiger partial charge in [-0.2, -0.15) is 44.9 Å². The molecule has 304 valence electrons. The summed E-state index contributed by atoms with van der Waals surface area (Å²) in [5.41, 5.74) is 3.66. The number of nitrogens with one attached hydrogen (secondary N) is 8. The summed E-state index contributed by atoms with van der Waals surface area (Å²) >= 11 is 6.31. The molecular weight excluding hydrogens is 742 g/mol. The minimum Gasteiger partial charge on any atom is -0.354 e. The standard InChI is InChI=1S/C39H56ClN17/c1-5-9-21-41-32-51-33(42-22-10-6-2)54-36(53-32)45-25-27-13-17-29(18-14-27)47-38-49-31(40)50-39(57-38)48-30-19-15-28(16-20-30)26-46-37-55-34(43-23-11-7-3)52-35(56-37)44-24-12-8-4/h13-20H,5-12,21-26H2,1-4H3,(H2,47,48,49,50,57)(H3,41,42,45,51,53,54)(H3,43,44,46,52,55,56). The van der Waals surface area contributed by atoms with Crippen LogP contribution in [-0.2, 0) is 13.1 Å². The summed E-state index contributed by atoms with van der Waals surface area (Å²) < 4.78 is 0. The molecule has 0 amide bonds. The molecule has 0 radical (unpaired) electrons. The van der Waals surface area contributed by atoms with E-state index in [9.17, 15) is 0 Å². The van der Waals surface area contributed by atoms with Crippen LogP contribution in [0.25, 0.3) is 0 Å². The number of rotatable bonds is 26. The zero-order valence-corrected chi connectivity index (χ0v) is 34.2. The highest BCUT2D eigenvalue weighted by Crippen LogP contribution is 2.21. The highest BCUT2D eigenvalue weighted by Gasteiger charge is 2.10. The molecule has 0 aliphatic rings. The fourth-order valence-corrected chi connectivity index (χ4v) is 5.39. The van der Waals surface area contributed by atoms with Crippen LogP contribution in [0.4, 0.5) is 59.0 Å². The number of aromatic nitrogens is 9. The first-order valence-corrected chi connectivity index (χ1v) is 20.4. The predicted molar refractivity (Wildman–Crippen MR) is 232 cm³/mol. The van der Waals surface area contributed by atoms with Crippen molar-refractivity contribution in [2.45, 2.75) is 92.2 Å². The number of unbranched alkanes of at least 4 members (excludes halogenated alkanes) is 4. The quantitative estimate of drug-likeness (QED) is 0.0247. The van der Waals surface area contributed by atoms with Gasteiger partial charge in [0.15, 0.2) is 0 Å². The van der Waals surface area contributed by atoms with Crippen LogP contribution in [0, 0.1) is 0 Å². The maximum Gasteiger partial charge on any atom is 0.233 e. The van der Waals surface area contributed by atoms with Crippen molar-refractivity contribution in [1.82, 2.24) is 44.9 Å². The van der Waals surface area contributed by atoms with Gasteiger partial charge in [0.05, 0.1) is 0 Å². The van der Waals surface area contributed by atoms with Gasteiger partial charge in [0.1, 0.15) is 0 Å². The number of benzene rings is 2. The van der Waals surface area contributed by atoms with Gasteiger partial charge >= 0.3 is 0 Å². The molecule has 5 aromatic rings. The Hall–Kier alpha value is -5.84. The van der Waals surface area contributed by atoms with Gasteiger partial charge in [-0.25, -0.2) is 0 Å². The van der Waals surface area contributed by atoms with Crippen LogP contribution in [0.15, 0.2) is 48.5 Å². The Morgan fingerprint density at radius 1 is 0.368 bits per heavy atom. The minimum absolute atomic E-state index is 0.0607. The topological polar surface area (TPSA) is 212 Å². The first-order chi connectivity index (χ1) is 27.9. The summed E-state index contributed by atoms with van der Waals surface area (Å²) in [7, 11) is 0. The van der Waals surface area contributed by atoms with Crippen molar-refractivity contribution in [3.05, 3.63) is 64.9 Å². The highest BCUT2D eigenvalue weighted by molar-refractivity contribution is 6.28. The lowest BCUT2D eigenvalue weighted by atomic mass is 10.2. The highest BCUT2D eigenvalue weighted by atomic mass is 35.5. The smallest absolute Gasteiger partial charge is 0.233 e. The van der Waals surface area contributed by atoms with Crippen LogP contribution < -0.4 is 42.5 Å². The number of nitrogens with zero attached hydrogens (tertiary/aromatic N) is 9. The first-order valence-electron chi connectivity index (χ1n) is 20.0. The predicted octanol–water partition coefficient (Wildman–Crippen LogP) is 8.45. The lowest BCUT2D eigenvalue weighted by molar-refractivity contribution is 0.814. The molecule has 18 heteroatoms. The Bertz CT molecular complexity index is 1740. The summed E-state index contributed by atoms with van der Waals surface area (Å²) in [6.07, 6.45) is 8.50. The van der Waals surface area contributed by atoms with Crippen LogP contribution in [-0.4, -0.2) is 71.0 Å². The van der Waals surface area contributed by atoms with Crippen molar-refractivity contribution in [2.75, 3.05) is 68.7 Å². The summed E-state index contributed by atoms with van der Waals surface area (Å²) in [4.78, 5) is 40.4. The molecule has 2 aromatic carbocycles. The summed E-state index contributed by atoms with van der Waals surface area (Å²) in [6, 6.07) is 15.8. The molecule has 0 saturated carbocycles. The minimum atomic E-state index is 0.0607. The van der Waals surface area contributed by atoms with E-state index in [0.717, 1.165) is 100 Å². The molecular formula is C39H56ClN17. The molecule has 5 rings (SSSR count). The maximum atomic E-state index is 6.31. The average Bonchev–Trinajstić information content (AvgIpc) is 3.20. The van der Waals surface area contributed by atoms with Crippen molar-refractivity contribution < 1.29 is 0 Å². The fourth-order valence-electron chi connectivity index (χ4n) is 5.23. The summed E-state index contributed by atoms with van der Waals surface area (Å²) in [6.45, 7) is 12.9.